The highest BCUT2D eigenvalue weighted by atomic mass is 16.5. The molecule has 2 aromatic rings. The van der Waals surface area contributed by atoms with Crippen LogP contribution in [0.5, 0.6) is 23.0 Å². The number of amides is 1. The maximum absolute atomic E-state index is 13.1. The molecule has 6 heteroatoms. The summed E-state index contributed by atoms with van der Waals surface area (Å²) in [5, 5.41) is 0. The van der Waals surface area contributed by atoms with Crippen molar-refractivity contribution >= 4 is 5.91 Å². The molecule has 0 N–H and O–H groups in total. The normalized spacial score (nSPS) is 13.0. The van der Waals surface area contributed by atoms with Crippen LogP contribution in [0.3, 0.4) is 0 Å². The summed E-state index contributed by atoms with van der Waals surface area (Å²) in [6, 6.07) is 7.48. The standard InChI is InChI=1S/C21H25NO5/c1-13-17(24-2)9-15(10-18(13)25-3)21(23)22-7-6-14-8-19(26-4)20(27-5)11-16(14)12-22/h8-11H,6-7,12H2,1-5H3. The van der Waals surface area contributed by atoms with Crippen molar-refractivity contribution in [3.8, 4) is 23.0 Å². The smallest absolute Gasteiger partial charge is 0.254 e. The molecule has 0 saturated carbocycles. The summed E-state index contributed by atoms with van der Waals surface area (Å²) < 4.78 is 21.6. The molecule has 1 heterocycles. The van der Waals surface area contributed by atoms with Gasteiger partial charge in [-0.3, -0.25) is 4.79 Å². The van der Waals surface area contributed by atoms with Crippen LogP contribution >= 0.6 is 0 Å². The number of carbonyl (C=O) groups excluding carboxylic acids is 1. The van der Waals surface area contributed by atoms with Gasteiger partial charge in [0.15, 0.2) is 11.5 Å². The lowest BCUT2D eigenvalue weighted by atomic mass is 9.98. The molecule has 0 saturated heterocycles. The minimum atomic E-state index is -0.0490. The van der Waals surface area contributed by atoms with Crippen molar-refractivity contribution in [3.05, 3.63) is 46.5 Å². The second-order valence-corrected chi connectivity index (χ2v) is 6.46. The summed E-state index contributed by atoms with van der Waals surface area (Å²) in [4.78, 5) is 14.9. The summed E-state index contributed by atoms with van der Waals surface area (Å²) in [6.07, 6.45) is 0.765. The van der Waals surface area contributed by atoms with Crippen molar-refractivity contribution in [1.29, 1.82) is 0 Å². The van der Waals surface area contributed by atoms with Gasteiger partial charge in [0.1, 0.15) is 11.5 Å². The van der Waals surface area contributed by atoms with E-state index in [1.54, 1.807) is 40.6 Å². The molecular formula is C21H25NO5. The minimum Gasteiger partial charge on any atom is -0.496 e. The number of carbonyl (C=O) groups is 1. The fourth-order valence-corrected chi connectivity index (χ4v) is 3.45. The van der Waals surface area contributed by atoms with Gasteiger partial charge in [-0.05, 0) is 48.7 Å². The Kier molecular flexibility index (Phi) is 5.44. The molecular weight excluding hydrogens is 346 g/mol. The van der Waals surface area contributed by atoms with Gasteiger partial charge in [0, 0.05) is 24.2 Å². The van der Waals surface area contributed by atoms with Crippen LogP contribution in [-0.2, 0) is 13.0 Å². The average molecular weight is 371 g/mol. The van der Waals surface area contributed by atoms with E-state index in [0.717, 1.165) is 17.5 Å². The van der Waals surface area contributed by atoms with Crippen LogP contribution in [0.15, 0.2) is 24.3 Å². The van der Waals surface area contributed by atoms with Crippen molar-refractivity contribution in [1.82, 2.24) is 4.90 Å². The Morgan fingerprint density at radius 2 is 1.33 bits per heavy atom. The molecule has 0 bridgehead atoms. The first kappa shape index (κ1) is 18.9. The van der Waals surface area contributed by atoms with Crippen molar-refractivity contribution in [2.45, 2.75) is 19.9 Å². The van der Waals surface area contributed by atoms with E-state index in [0.29, 0.717) is 41.7 Å². The molecule has 6 nitrogen and oxygen atoms in total. The summed E-state index contributed by atoms with van der Waals surface area (Å²) >= 11 is 0. The molecule has 144 valence electrons. The third kappa shape index (κ3) is 3.52. The quantitative estimate of drug-likeness (QED) is 0.808. The molecule has 0 aromatic heterocycles. The Hall–Kier alpha value is -2.89. The first-order valence-electron chi connectivity index (χ1n) is 8.78. The van der Waals surface area contributed by atoms with E-state index in [2.05, 4.69) is 0 Å². The average Bonchev–Trinajstić information content (AvgIpc) is 2.71. The first-order valence-corrected chi connectivity index (χ1v) is 8.78. The van der Waals surface area contributed by atoms with Gasteiger partial charge in [-0.25, -0.2) is 0 Å². The molecule has 27 heavy (non-hydrogen) atoms. The Balaban J connectivity index is 1.90. The summed E-state index contributed by atoms with van der Waals surface area (Å²) in [6.45, 7) is 3.07. The maximum Gasteiger partial charge on any atom is 0.254 e. The van der Waals surface area contributed by atoms with E-state index in [1.807, 2.05) is 24.0 Å². The lowest BCUT2D eigenvalue weighted by Gasteiger charge is -2.30. The molecule has 1 amide bonds. The highest BCUT2D eigenvalue weighted by molar-refractivity contribution is 5.95. The molecule has 1 aliphatic rings. The maximum atomic E-state index is 13.1. The molecule has 3 rings (SSSR count). The second kappa shape index (κ2) is 7.78. The summed E-state index contributed by atoms with van der Waals surface area (Å²) in [5.74, 6) is 2.61. The number of methoxy groups -OCH3 is 4. The van der Waals surface area contributed by atoms with Gasteiger partial charge in [0.2, 0.25) is 0 Å². The SMILES string of the molecule is COc1cc2c(cc1OC)CN(C(=O)c1cc(OC)c(C)c(OC)c1)CC2. The second-order valence-electron chi connectivity index (χ2n) is 6.46. The molecule has 0 fully saturated rings. The molecule has 0 atom stereocenters. The van der Waals surface area contributed by atoms with Gasteiger partial charge in [-0.2, -0.15) is 0 Å². The number of nitrogens with zero attached hydrogens (tertiary/aromatic N) is 1. The number of ether oxygens (including phenoxy) is 4. The van der Waals surface area contributed by atoms with E-state index in [-0.39, 0.29) is 5.91 Å². The fraction of sp³-hybridized carbons (Fsp3) is 0.381. The van der Waals surface area contributed by atoms with E-state index in [1.165, 1.54) is 5.56 Å². The van der Waals surface area contributed by atoms with Crippen LogP contribution < -0.4 is 18.9 Å². The van der Waals surface area contributed by atoms with Crippen molar-refractivity contribution < 1.29 is 23.7 Å². The first-order chi connectivity index (χ1) is 13.0. The Morgan fingerprint density at radius 1 is 0.815 bits per heavy atom. The van der Waals surface area contributed by atoms with Gasteiger partial charge in [-0.15, -0.1) is 0 Å². The Bertz CT molecular complexity index is 837. The van der Waals surface area contributed by atoms with Crippen LogP contribution in [0.1, 0.15) is 27.0 Å². The molecule has 1 aliphatic heterocycles. The van der Waals surface area contributed by atoms with Crippen molar-refractivity contribution in [2.75, 3.05) is 35.0 Å². The molecule has 0 spiro atoms. The monoisotopic (exact) mass is 371 g/mol. The number of hydrogen-bond acceptors (Lipinski definition) is 5. The topological polar surface area (TPSA) is 57.2 Å². The highest BCUT2D eigenvalue weighted by Crippen LogP contribution is 2.34. The van der Waals surface area contributed by atoms with Crippen molar-refractivity contribution in [2.24, 2.45) is 0 Å². The number of fused-ring (bicyclic) bond motifs is 1. The Morgan fingerprint density at radius 3 is 1.85 bits per heavy atom. The lowest BCUT2D eigenvalue weighted by molar-refractivity contribution is 0.0733. The van der Waals surface area contributed by atoms with Gasteiger partial charge in [0.25, 0.3) is 5.91 Å². The van der Waals surface area contributed by atoms with Gasteiger partial charge in [0.05, 0.1) is 28.4 Å². The van der Waals surface area contributed by atoms with Crippen LogP contribution in [0.25, 0.3) is 0 Å². The van der Waals surface area contributed by atoms with Gasteiger partial charge in [-0.1, -0.05) is 0 Å². The van der Waals surface area contributed by atoms with Gasteiger partial charge < -0.3 is 23.8 Å². The lowest BCUT2D eigenvalue weighted by Crippen LogP contribution is -2.36. The van der Waals surface area contributed by atoms with Crippen LogP contribution in [0, 0.1) is 6.92 Å². The zero-order valence-electron chi connectivity index (χ0n) is 16.4. The number of benzene rings is 2. The van der Waals surface area contributed by atoms with Crippen LogP contribution in [0.2, 0.25) is 0 Å². The fourth-order valence-electron chi connectivity index (χ4n) is 3.45. The predicted molar refractivity (Wildman–Crippen MR) is 102 cm³/mol. The third-order valence-corrected chi connectivity index (χ3v) is 5.00. The van der Waals surface area contributed by atoms with Crippen LogP contribution in [0.4, 0.5) is 0 Å². The molecule has 0 aliphatic carbocycles. The van der Waals surface area contributed by atoms with E-state index >= 15 is 0 Å². The highest BCUT2D eigenvalue weighted by Gasteiger charge is 2.25. The summed E-state index contributed by atoms with van der Waals surface area (Å²) in [7, 11) is 6.42. The minimum absolute atomic E-state index is 0.0490. The largest absolute Gasteiger partial charge is 0.496 e. The number of hydrogen-bond donors (Lipinski definition) is 0. The Labute approximate surface area is 159 Å². The predicted octanol–water partition coefficient (Wildman–Crippen LogP) is 3.23. The van der Waals surface area contributed by atoms with Gasteiger partial charge >= 0.3 is 0 Å². The van der Waals surface area contributed by atoms with E-state index < -0.39 is 0 Å². The third-order valence-electron chi connectivity index (χ3n) is 5.00. The zero-order valence-corrected chi connectivity index (χ0v) is 16.4. The number of rotatable bonds is 5. The van der Waals surface area contributed by atoms with E-state index in [4.69, 9.17) is 18.9 Å². The van der Waals surface area contributed by atoms with Crippen molar-refractivity contribution in [3.63, 3.8) is 0 Å². The molecule has 2 aromatic carbocycles. The van der Waals surface area contributed by atoms with Crippen LogP contribution in [-0.4, -0.2) is 45.8 Å². The van der Waals surface area contributed by atoms with E-state index in [9.17, 15) is 4.79 Å². The zero-order chi connectivity index (χ0) is 19.6. The summed E-state index contributed by atoms with van der Waals surface area (Å²) in [5.41, 5.74) is 3.67. The molecule has 0 unspecified atom stereocenters. The molecule has 0 radical (unpaired) electrons.